The third kappa shape index (κ3) is 3.71. The molecule has 3 rings (SSSR count). The van der Waals surface area contributed by atoms with Crippen molar-refractivity contribution in [1.29, 1.82) is 0 Å². The Morgan fingerprint density at radius 1 is 1.35 bits per heavy atom. The maximum absolute atomic E-state index is 10.0. The molecular formula is C16H20ClN5O. The van der Waals surface area contributed by atoms with Gasteiger partial charge < -0.3 is 15.3 Å². The summed E-state index contributed by atoms with van der Waals surface area (Å²) in [5.74, 6) is 0.603. The van der Waals surface area contributed by atoms with Gasteiger partial charge in [0.1, 0.15) is 11.4 Å². The Morgan fingerprint density at radius 3 is 2.87 bits per heavy atom. The average molecular weight is 334 g/mol. The number of likely N-dealkylation sites (tertiary alicyclic amines) is 1. The van der Waals surface area contributed by atoms with Crippen molar-refractivity contribution >= 4 is 17.5 Å². The number of likely N-dealkylation sites (N-methyl/N-ethyl adjacent to an activating group) is 1. The standard InChI is InChI=1S/C16H20ClN5O/c1-10-15(13-6-5-11(17)8-14(13)23)20-21-16(18-10)19-12-4-3-7-22(2)9-12/h5-6,8,12,23H,3-4,7,9H2,1-2H3,(H,18,19,21). The van der Waals surface area contributed by atoms with E-state index in [2.05, 4.69) is 32.4 Å². The van der Waals surface area contributed by atoms with Gasteiger partial charge in [-0.1, -0.05) is 11.6 Å². The van der Waals surface area contributed by atoms with Gasteiger partial charge in [0.05, 0.1) is 5.69 Å². The quantitative estimate of drug-likeness (QED) is 0.899. The molecule has 23 heavy (non-hydrogen) atoms. The highest BCUT2D eigenvalue weighted by atomic mass is 35.5. The van der Waals surface area contributed by atoms with Crippen molar-refractivity contribution in [3.63, 3.8) is 0 Å². The molecule has 122 valence electrons. The number of rotatable bonds is 3. The third-order valence-corrected chi connectivity index (χ3v) is 4.27. The number of aryl methyl sites for hydroxylation is 1. The number of hydrogen-bond acceptors (Lipinski definition) is 6. The molecule has 1 saturated heterocycles. The van der Waals surface area contributed by atoms with E-state index in [0.717, 1.165) is 25.9 Å². The number of nitrogens with one attached hydrogen (secondary N) is 1. The molecule has 0 aliphatic carbocycles. The van der Waals surface area contributed by atoms with Crippen molar-refractivity contribution < 1.29 is 5.11 Å². The molecule has 2 heterocycles. The number of phenolic OH excluding ortho intramolecular Hbond substituents is 1. The molecule has 0 saturated carbocycles. The number of anilines is 1. The van der Waals surface area contributed by atoms with Crippen LogP contribution in [-0.4, -0.2) is 51.4 Å². The number of nitrogens with zero attached hydrogens (tertiary/aromatic N) is 4. The van der Waals surface area contributed by atoms with Gasteiger partial charge in [0, 0.05) is 23.2 Å². The number of piperidine rings is 1. The lowest BCUT2D eigenvalue weighted by Gasteiger charge is -2.30. The second kappa shape index (κ2) is 6.68. The molecular weight excluding hydrogens is 314 g/mol. The fourth-order valence-corrected chi connectivity index (χ4v) is 3.05. The van der Waals surface area contributed by atoms with Crippen molar-refractivity contribution in [2.24, 2.45) is 0 Å². The molecule has 7 heteroatoms. The summed E-state index contributed by atoms with van der Waals surface area (Å²) < 4.78 is 0. The largest absolute Gasteiger partial charge is 0.507 e. The van der Waals surface area contributed by atoms with Gasteiger partial charge in [0.15, 0.2) is 0 Å². The fraction of sp³-hybridized carbons (Fsp3) is 0.438. The van der Waals surface area contributed by atoms with E-state index in [-0.39, 0.29) is 5.75 Å². The monoisotopic (exact) mass is 333 g/mol. The second-order valence-corrected chi connectivity index (χ2v) is 6.41. The summed E-state index contributed by atoms with van der Waals surface area (Å²) in [5.41, 5.74) is 1.85. The highest BCUT2D eigenvalue weighted by molar-refractivity contribution is 6.30. The molecule has 0 bridgehead atoms. The predicted molar refractivity (Wildman–Crippen MR) is 90.8 cm³/mol. The lowest BCUT2D eigenvalue weighted by atomic mass is 10.1. The third-order valence-electron chi connectivity index (χ3n) is 4.03. The molecule has 0 radical (unpaired) electrons. The van der Waals surface area contributed by atoms with Gasteiger partial charge in [-0.3, -0.25) is 0 Å². The van der Waals surface area contributed by atoms with Crippen LogP contribution in [-0.2, 0) is 0 Å². The van der Waals surface area contributed by atoms with Crippen molar-refractivity contribution in [1.82, 2.24) is 20.1 Å². The molecule has 1 aromatic heterocycles. The molecule has 1 aromatic carbocycles. The van der Waals surface area contributed by atoms with Crippen LogP contribution in [0.3, 0.4) is 0 Å². The van der Waals surface area contributed by atoms with Crippen molar-refractivity contribution in [3.8, 4) is 17.0 Å². The summed E-state index contributed by atoms with van der Waals surface area (Å²) in [7, 11) is 2.12. The summed E-state index contributed by atoms with van der Waals surface area (Å²) in [4.78, 5) is 6.78. The highest BCUT2D eigenvalue weighted by Crippen LogP contribution is 2.31. The van der Waals surface area contributed by atoms with Gasteiger partial charge in [-0.2, -0.15) is 0 Å². The zero-order valence-corrected chi connectivity index (χ0v) is 14.0. The lowest BCUT2D eigenvalue weighted by Crippen LogP contribution is -2.40. The number of benzene rings is 1. The van der Waals surface area contributed by atoms with Crippen LogP contribution in [0.1, 0.15) is 18.5 Å². The first-order valence-corrected chi connectivity index (χ1v) is 8.06. The first-order valence-electron chi connectivity index (χ1n) is 7.68. The average Bonchev–Trinajstić information content (AvgIpc) is 2.48. The SMILES string of the molecule is Cc1nc(NC2CCCN(C)C2)nnc1-c1ccc(Cl)cc1O. The molecule has 6 nitrogen and oxygen atoms in total. The van der Waals surface area contributed by atoms with Crippen LogP contribution in [0.5, 0.6) is 5.75 Å². The molecule has 2 aromatic rings. The molecule has 2 N–H and O–H groups in total. The maximum Gasteiger partial charge on any atom is 0.243 e. The summed E-state index contributed by atoms with van der Waals surface area (Å²) in [6, 6.07) is 5.26. The van der Waals surface area contributed by atoms with E-state index in [1.165, 1.54) is 6.07 Å². The fourth-order valence-electron chi connectivity index (χ4n) is 2.89. The van der Waals surface area contributed by atoms with Crippen LogP contribution < -0.4 is 5.32 Å². The van der Waals surface area contributed by atoms with Crippen molar-refractivity contribution in [2.45, 2.75) is 25.8 Å². The topological polar surface area (TPSA) is 74.2 Å². The summed E-state index contributed by atoms with van der Waals surface area (Å²) in [5, 5.41) is 22.2. The number of halogens is 1. The number of hydrogen-bond donors (Lipinski definition) is 2. The molecule has 0 spiro atoms. The molecule has 1 aliphatic heterocycles. The Bertz CT molecular complexity index is 709. The van der Waals surface area contributed by atoms with Crippen LogP contribution in [0.15, 0.2) is 18.2 Å². The van der Waals surface area contributed by atoms with E-state index < -0.39 is 0 Å². The summed E-state index contributed by atoms with van der Waals surface area (Å²) in [6.07, 6.45) is 2.27. The number of phenols is 1. The Morgan fingerprint density at radius 2 is 2.17 bits per heavy atom. The van der Waals surface area contributed by atoms with Gasteiger partial charge >= 0.3 is 0 Å². The van der Waals surface area contributed by atoms with E-state index in [4.69, 9.17) is 11.6 Å². The summed E-state index contributed by atoms with van der Waals surface area (Å²) in [6.45, 7) is 3.96. The minimum atomic E-state index is 0.0753. The first-order chi connectivity index (χ1) is 11.0. The van der Waals surface area contributed by atoms with Crippen LogP contribution in [0.25, 0.3) is 11.3 Å². The van der Waals surface area contributed by atoms with E-state index in [1.807, 2.05) is 6.92 Å². The lowest BCUT2D eigenvalue weighted by molar-refractivity contribution is 0.260. The Kier molecular flexibility index (Phi) is 4.63. The molecule has 1 unspecified atom stereocenters. The van der Waals surface area contributed by atoms with Crippen molar-refractivity contribution in [2.75, 3.05) is 25.5 Å². The molecule has 0 amide bonds. The Labute approximate surface area is 140 Å². The van der Waals surface area contributed by atoms with Crippen LogP contribution >= 0.6 is 11.6 Å². The van der Waals surface area contributed by atoms with Crippen LogP contribution in [0.4, 0.5) is 5.95 Å². The van der Waals surface area contributed by atoms with Gasteiger partial charge in [0.25, 0.3) is 0 Å². The minimum Gasteiger partial charge on any atom is -0.507 e. The second-order valence-electron chi connectivity index (χ2n) is 5.98. The zero-order chi connectivity index (χ0) is 16.4. The molecule has 1 aliphatic rings. The van der Waals surface area contributed by atoms with Crippen LogP contribution in [0.2, 0.25) is 5.02 Å². The van der Waals surface area contributed by atoms with Gasteiger partial charge in [0.2, 0.25) is 5.95 Å². The Hall–Kier alpha value is -1.92. The van der Waals surface area contributed by atoms with E-state index in [9.17, 15) is 5.11 Å². The zero-order valence-electron chi connectivity index (χ0n) is 13.3. The highest BCUT2D eigenvalue weighted by Gasteiger charge is 2.19. The van der Waals surface area contributed by atoms with E-state index >= 15 is 0 Å². The van der Waals surface area contributed by atoms with Crippen molar-refractivity contribution in [3.05, 3.63) is 28.9 Å². The molecule has 1 atom stereocenters. The number of aromatic nitrogens is 3. The normalized spacial score (nSPS) is 18.8. The maximum atomic E-state index is 10.0. The van der Waals surface area contributed by atoms with E-state index in [0.29, 0.717) is 34.0 Å². The van der Waals surface area contributed by atoms with Gasteiger partial charge in [-0.05, 0) is 51.6 Å². The number of aromatic hydroxyl groups is 1. The van der Waals surface area contributed by atoms with Crippen LogP contribution in [0, 0.1) is 6.92 Å². The minimum absolute atomic E-state index is 0.0753. The first kappa shape index (κ1) is 16.0. The van der Waals surface area contributed by atoms with E-state index in [1.54, 1.807) is 12.1 Å². The smallest absolute Gasteiger partial charge is 0.243 e. The van der Waals surface area contributed by atoms with Gasteiger partial charge in [-0.15, -0.1) is 10.2 Å². The summed E-state index contributed by atoms with van der Waals surface area (Å²) >= 11 is 5.86. The molecule has 1 fully saturated rings. The Balaban J connectivity index is 1.80. The van der Waals surface area contributed by atoms with Gasteiger partial charge in [-0.25, -0.2) is 4.98 Å². The predicted octanol–water partition coefficient (Wildman–Crippen LogP) is 2.71.